The molecule has 0 spiro atoms. The Labute approximate surface area is 133 Å². The predicted molar refractivity (Wildman–Crippen MR) is 90.2 cm³/mol. The number of nitrogens with zero attached hydrogens (tertiary/aromatic N) is 2. The zero-order valence-corrected chi connectivity index (χ0v) is 13.6. The lowest BCUT2D eigenvalue weighted by atomic mass is 9.98. The van der Waals surface area contributed by atoms with Crippen molar-refractivity contribution < 1.29 is 0 Å². The molecule has 2 N–H and O–H groups in total. The molecule has 0 amide bonds. The molecule has 0 bridgehead atoms. The van der Waals surface area contributed by atoms with Gasteiger partial charge in [-0.15, -0.1) is 0 Å². The van der Waals surface area contributed by atoms with Crippen LogP contribution in [-0.2, 0) is 6.42 Å². The Bertz CT molecular complexity index is 489. The molecule has 2 atom stereocenters. The molecule has 0 radical (unpaired) electrons. The van der Waals surface area contributed by atoms with Crippen molar-refractivity contribution in [3.8, 4) is 0 Å². The minimum Gasteiger partial charge on any atom is -0.367 e. The zero-order chi connectivity index (χ0) is 14.8. The van der Waals surface area contributed by atoms with Crippen LogP contribution in [0.1, 0.15) is 31.7 Å². The lowest BCUT2D eigenvalue weighted by molar-refractivity contribution is 0.133. The Morgan fingerprint density at radius 3 is 2.95 bits per heavy atom. The van der Waals surface area contributed by atoms with Gasteiger partial charge in [0.05, 0.1) is 10.7 Å². The topological polar surface area (TPSA) is 32.5 Å². The Balaban J connectivity index is 1.82. The smallest absolute Gasteiger partial charge is 0.0642 e. The third kappa shape index (κ3) is 3.36. The van der Waals surface area contributed by atoms with E-state index in [0.29, 0.717) is 6.04 Å². The molecule has 21 heavy (non-hydrogen) atoms. The minimum atomic E-state index is 0.165. The molecule has 2 saturated heterocycles. The van der Waals surface area contributed by atoms with E-state index in [1.54, 1.807) is 0 Å². The van der Waals surface area contributed by atoms with Gasteiger partial charge in [-0.05, 0) is 44.4 Å². The van der Waals surface area contributed by atoms with Crippen LogP contribution in [0.2, 0.25) is 5.02 Å². The van der Waals surface area contributed by atoms with Crippen molar-refractivity contribution in [3.05, 3.63) is 28.8 Å². The lowest BCUT2D eigenvalue weighted by Gasteiger charge is -2.45. The molecule has 1 aromatic rings. The number of rotatable bonds is 3. The van der Waals surface area contributed by atoms with Gasteiger partial charge < -0.3 is 10.6 Å². The number of piperazine rings is 1. The van der Waals surface area contributed by atoms with E-state index in [1.807, 2.05) is 12.1 Å². The van der Waals surface area contributed by atoms with E-state index in [9.17, 15) is 0 Å². The van der Waals surface area contributed by atoms with Gasteiger partial charge in [0.1, 0.15) is 0 Å². The fourth-order valence-electron chi connectivity index (χ4n) is 3.78. The zero-order valence-electron chi connectivity index (χ0n) is 12.9. The van der Waals surface area contributed by atoms with Crippen molar-refractivity contribution in [2.24, 2.45) is 5.73 Å². The number of benzene rings is 1. The summed E-state index contributed by atoms with van der Waals surface area (Å²) in [6, 6.07) is 7.10. The number of halogens is 1. The summed E-state index contributed by atoms with van der Waals surface area (Å²) in [5.74, 6) is 0. The van der Waals surface area contributed by atoms with E-state index in [-0.39, 0.29) is 6.04 Å². The van der Waals surface area contributed by atoms with Gasteiger partial charge in [0.25, 0.3) is 0 Å². The standard InChI is InChI=1S/C17H26ClN3/c1-13(19)11-14-5-4-7-16(18)17(14)21-10-9-20-8-3-2-6-15(20)12-21/h4-5,7,13,15H,2-3,6,8-12,19H2,1H3. The molecule has 2 fully saturated rings. The van der Waals surface area contributed by atoms with Crippen molar-refractivity contribution in [2.75, 3.05) is 31.1 Å². The fraction of sp³-hybridized carbons (Fsp3) is 0.647. The highest BCUT2D eigenvalue weighted by Crippen LogP contribution is 2.33. The molecule has 0 aliphatic carbocycles. The normalized spacial score (nSPS) is 24.7. The second-order valence-electron chi connectivity index (χ2n) is 6.56. The van der Waals surface area contributed by atoms with Gasteiger partial charge >= 0.3 is 0 Å². The van der Waals surface area contributed by atoms with E-state index in [1.165, 1.54) is 37.1 Å². The maximum Gasteiger partial charge on any atom is 0.0642 e. The van der Waals surface area contributed by atoms with Gasteiger partial charge in [0.2, 0.25) is 0 Å². The van der Waals surface area contributed by atoms with Crippen molar-refractivity contribution in [1.82, 2.24) is 4.90 Å². The number of para-hydroxylation sites is 1. The van der Waals surface area contributed by atoms with Gasteiger partial charge in [-0.2, -0.15) is 0 Å². The SMILES string of the molecule is CC(N)Cc1cccc(Cl)c1N1CCN2CCCCC2C1. The molecule has 2 heterocycles. The average molecular weight is 308 g/mol. The lowest BCUT2D eigenvalue weighted by Crippen LogP contribution is -2.55. The summed E-state index contributed by atoms with van der Waals surface area (Å²) in [5, 5.41) is 0.873. The Kier molecular flexibility index (Phi) is 4.72. The summed E-state index contributed by atoms with van der Waals surface area (Å²) < 4.78 is 0. The van der Waals surface area contributed by atoms with Gasteiger partial charge in [0.15, 0.2) is 0 Å². The Hall–Kier alpha value is -0.770. The van der Waals surface area contributed by atoms with Crippen LogP contribution in [0.25, 0.3) is 0 Å². The largest absolute Gasteiger partial charge is 0.367 e. The number of hydrogen-bond acceptors (Lipinski definition) is 3. The van der Waals surface area contributed by atoms with Crippen molar-refractivity contribution in [1.29, 1.82) is 0 Å². The summed E-state index contributed by atoms with van der Waals surface area (Å²) >= 11 is 6.53. The molecule has 2 aliphatic heterocycles. The van der Waals surface area contributed by atoms with Crippen LogP contribution in [0, 0.1) is 0 Å². The molecular weight excluding hydrogens is 282 g/mol. The van der Waals surface area contributed by atoms with Crippen LogP contribution in [-0.4, -0.2) is 43.2 Å². The Morgan fingerprint density at radius 1 is 1.29 bits per heavy atom. The third-order valence-corrected chi connectivity index (χ3v) is 5.07. The summed E-state index contributed by atoms with van der Waals surface area (Å²) in [6.45, 7) is 6.67. The first kappa shape index (κ1) is 15.1. The Morgan fingerprint density at radius 2 is 2.14 bits per heavy atom. The average Bonchev–Trinajstić information content (AvgIpc) is 2.46. The van der Waals surface area contributed by atoms with Gasteiger partial charge in [-0.25, -0.2) is 0 Å². The minimum absolute atomic E-state index is 0.165. The maximum absolute atomic E-state index is 6.53. The second kappa shape index (κ2) is 6.55. The number of nitrogens with two attached hydrogens (primary N) is 1. The first-order valence-electron chi connectivity index (χ1n) is 8.17. The predicted octanol–water partition coefficient (Wildman–Crippen LogP) is 2.90. The summed E-state index contributed by atoms with van der Waals surface area (Å²) in [6.07, 6.45) is 4.94. The van der Waals surface area contributed by atoms with Gasteiger partial charge in [-0.3, -0.25) is 4.90 Å². The van der Waals surface area contributed by atoms with Crippen molar-refractivity contribution in [2.45, 2.75) is 44.7 Å². The highest BCUT2D eigenvalue weighted by Gasteiger charge is 2.30. The molecule has 2 aliphatic rings. The quantitative estimate of drug-likeness (QED) is 0.932. The van der Waals surface area contributed by atoms with Gasteiger partial charge in [0, 0.05) is 31.7 Å². The molecule has 116 valence electrons. The molecule has 3 rings (SSSR count). The summed E-state index contributed by atoms with van der Waals surface area (Å²) in [5.41, 5.74) is 8.53. The number of hydrogen-bond donors (Lipinski definition) is 1. The van der Waals surface area contributed by atoms with Crippen LogP contribution in [0.4, 0.5) is 5.69 Å². The van der Waals surface area contributed by atoms with E-state index < -0.39 is 0 Å². The highest BCUT2D eigenvalue weighted by molar-refractivity contribution is 6.33. The number of fused-ring (bicyclic) bond motifs is 1. The molecule has 0 aromatic heterocycles. The summed E-state index contributed by atoms with van der Waals surface area (Å²) in [7, 11) is 0. The molecule has 3 nitrogen and oxygen atoms in total. The highest BCUT2D eigenvalue weighted by atomic mass is 35.5. The first-order valence-corrected chi connectivity index (χ1v) is 8.55. The monoisotopic (exact) mass is 307 g/mol. The van der Waals surface area contributed by atoms with E-state index in [2.05, 4.69) is 22.8 Å². The second-order valence-corrected chi connectivity index (χ2v) is 6.97. The van der Waals surface area contributed by atoms with Crippen LogP contribution >= 0.6 is 11.6 Å². The third-order valence-electron chi connectivity index (χ3n) is 4.77. The van der Waals surface area contributed by atoms with Crippen LogP contribution in [0.5, 0.6) is 0 Å². The summed E-state index contributed by atoms with van der Waals surface area (Å²) in [4.78, 5) is 5.15. The van der Waals surface area contributed by atoms with E-state index in [4.69, 9.17) is 17.3 Å². The van der Waals surface area contributed by atoms with Crippen molar-refractivity contribution >= 4 is 17.3 Å². The molecule has 2 unspecified atom stereocenters. The molecule has 4 heteroatoms. The fourth-order valence-corrected chi connectivity index (χ4v) is 4.10. The molecule has 1 aromatic carbocycles. The van der Waals surface area contributed by atoms with Crippen LogP contribution in [0.3, 0.4) is 0 Å². The van der Waals surface area contributed by atoms with Crippen LogP contribution in [0.15, 0.2) is 18.2 Å². The first-order chi connectivity index (χ1) is 10.1. The number of piperidine rings is 1. The molecule has 0 saturated carbocycles. The number of anilines is 1. The van der Waals surface area contributed by atoms with Crippen molar-refractivity contribution in [3.63, 3.8) is 0 Å². The molecular formula is C17H26ClN3. The van der Waals surface area contributed by atoms with E-state index >= 15 is 0 Å². The van der Waals surface area contributed by atoms with E-state index in [0.717, 1.165) is 31.1 Å². The maximum atomic E-state index is 6.53. The van der Waals surface area contributed by atoms with Gasteiger partial charge in [-0.1, -0.05) is 30.2 Å². The van der Waals surface area contributed by atoms with Crippen LogP contribution < -0.4 is 10.6 Å².